The van der Waals surface area contributed by atoms with Gasteiger partial charge in [-0.2, -0.15) is 0 Å². The Morgan fingerprint density at radius 3 is 1.25 bits per heavy atom. The van der Waals surface area contributed by atoms with Gasteiger partial charge in [0.25, 0.3) is 0 Å². The summed E-state index contributed by atoms with van der Waals surface area (Å²) in [5.41, 5.74) is 2.39. The maximum absolute atomic E-state index is 11.9. The molecule has 0 aliphatic carbocycles. The third-order valence-corrected chi connectivity index (χ3v) is 18.9. The van der Waals surface area contributed by atoms with Crippen molar-refractivity contribution in [2.45, 2.75) is 129 Å². The molecule has 0 fully saturated rings. The smallest absolute Gasteiger partial charge is 0.201 e. The summed E-state index contributed by atoms with van der Waals surface area (Å²) in [7, 11) is -4.34. The van der Waals surface area contributed by atoms with Gasteiger partial charge in [-0.15, -0.1) is 0 Å². The van der Waals surface area contributed by atoms with Gasteiger partial charge in [0.1, 0.15) is 18.5 Å². The molecule has 4 nitrogen and oxygen atoms in total. The topological polar surface area (TPSA) is 55.8 Å². The Morgan fingerprint density at radius 2 is 1.00 bits per heavy atom. The molecule has 0 saturated carbocycles. The van der Waals surface area contributed by atoms with E-state index in [0.717, 1.165) is 6.29 Å². The van der Waals surface area contributed by atoms with Crippen molar-refractivity contribution < 1.29 is 18.8 Å². The van der Waals surface area contributed by atoms with E-state index in [1.54, 1.807) is 0 Å². The molecule has 0 aliphatic heterocycles. The van der Waals surface area contributed by atoms with Crippen molar-refractivity contribution in [3.05, 3.63) is 0 Å². The van der Waals surface area contributed by atoms with E-state index in [0.29, 0.717) is 33.2 Å². The predicted molar refractivity (Wildman–Crippen MR) is 125 cm³/mol. The normalized spacial score (nSPS) is 16.1. The molecule has 0 aromatic rings. The minimum absolute atomic E-state index is 0.170. The van der Waals surface area contributed by atoms with Crippen LogP contribution in [0.25, 0.3) is 0 Å². The van der Waals surface area contributed by atoms with Gasteiger partial charge >= 0.3 is 0 Å². The molecule has 2 atom stereocenters. The lowest BCUT2D eigenvalue weighted by Crippen LogP contribution is -2.55. The van der Waals surface area contributed by atoms with Crippen molar-refractivity contribution in [2.24, 2.45) is 0 Å². The summed E-state index contributed by atoms with van der Waals surface area (Å²) in [6, 6.07) is 0. The van der Waals surface area contributed by atoms with Gasteiger partial charge in [0, 0.05) is 0 Å². The zero-order chi connectivity index (χ0) is 22.4. The molecule has 28 heavy (non-hydrogen) atoms. The lowest BCUT2D eigenvalue weighted by atomic mass is 10.2. The molecular weight excluding hydrogens is 384 g/mol. The molecule has 0 aromatic heterocycles. The van der Waals surface area contributed by atoms with E-state index in [9.17, 15) is 9.90 Å². The van der Waals surface area contributed by atoms with Crippen molar-refractivity contribution in [3.63, 3.8) is 0 Å². The van der Waals surface area contributed by atoms with Crippen LogP contribution >= 0.6 is 0 Å². The van der Waals surface area contributed by atoms with Crippen LogP contribution in [0.15, 0.2) is 0 Å². The molecule has 168 valence electrons. The first-order valence-electron chi connectivity index (χ1n) is 11.2. The molecule has 0 aromatic carbocycles. The third-order valence-electron chi connectivity index (χ3n) is 6.77. The Bertz CT molecular complexity index is 418. The molecule has 0 rings (SSSR count). The van der Waals surface area contributed by atoms with Gasteiger partial charge in [0.2, 0.25) is 8.32 Å². The van der Waals surface area contributed by atoms with Crippen molar-refractivity contribution >= 4 is 22.9 Å². The predicted octanol–water partition coefficient (Wildman–Crippen LogP) is 6.30. The first kappa shape index (κ1) is 28.0. The first-order valence-corrected chi connectivity index (χ1v) is 15.4. The quantitative estimate of drug-likeness (QED) is 0.274. The molecule has 0 spiro atoms. The van der Waals surface area contributed by atoms with Crippen molar-refractivity contribution in [3.8, 4) is 0 Å². The van der Waals surface area contributed by atoms with Crippen LogP contribution in [0.1, 0.15) is 83.1 Å². The van der Waals surface area contributed by atoms with E-state index in [4.69, 9.17) is 8.85 Å². The number of hydrogen-bond acceptors (Lipinski definition) is 4. The number of carbonyl (C=O) groups excluding carboxylic acids is 1. The van der Waals surface area contributed by atoms with Gasteiger partial charge in [0.05, 0.1) is 6.61 Å². The molecule has 0 bridgehead atoms. The van der Waals surface area contributed by atoms with Crippen LogP contribution in [-0.2, 0) is 13.6 Å². The van der Waals surface area contributed by atoms with Gasteiger partial charge in [-0.25, -0.2) is 0 Å². The number of aldehydes is 1. The Labute approximate surface area is 177 Å². The lowest BCUT2D eigenvalue weighted by molar-refractivity contribution is -0.120. The number of carbonyl (C=O) groups is 1. The second kappa shape index (κ2) is 11.4. The molecule has 0 aliphatic rings. The molecule has 0 saturated heterocycles. The number of hydrogen-bond donors (Lipinski definition) is 1. The minimum atomic E-state index is -2.25. The van der Waals surface area contributed by atoms with Crippen LogP contribution < -0.4 is 0 Å². The zero-order valence-corrected chi connectivity index (χ0v) is 22.6. The van der Waals surface area contributed by atoms with E-state index in [1.807, 2.05) is 0 Å². The number of aliphatic hydroxyl groups is 1. The van der Waals surface area contributed by atoms with Crippen LogP contribution in [0.5, 0.6) is 0 Å². The summed E-state index contributed by atoms with van der Waals surface area (Å²) in [5.74, 6) is 0. The molecule has 0 heterocycles. The van der Waals surface area contributed by atoms with Crippen LogP contribution in [0.2, 0.25) is 33.2 Å². The highest BCUT2D eigenvalue weighted by Crippen LogP contribution is 2.44. The Kier molecular flexibility index (Phi) is 11.4. The van der Waals surface area contributed by atoms with E-state index >= 15 is 0 Å². The van der Waals surface area contributed by atoms with Crippen molar-refractivity contribution in [1.82, 2.24) is 0 Å². The van der Waals surface area contributed by atoms with Crippen LogP contribution in [0.3, 0.4) is 0 Å². The summed E-state index contributed by atoms with van der Waals surface area (Å²) in [6.45, 7) is 26.6. The monoisotopic (exact) mass is 432 g/mol. The fraction of sp³-hybridized carbons (Fsp3) is 0.955. The van der Waals surface area contributed by atoms with Gasteiger partial charge in [-0.3, -0.25) is 0 Å². The highest BCUT2D eigenvalue weighted by Gasteiger charge is 2.49. The summed E-state index contributed by atoms with van der Waals surface area (Å²) < 4.78 is 13.1. The van der Waals surface area contributed by atoms with E-state index in [2.05, 4.69) is 83.1 Å². The average Bonchev–Trinajstić information content (AvgIpc) is 2.54. The lowest BCUT2D eigenvalue weighted by Gasteiger charge is -2.45. The summed E-state index contributed by atoms with van der Waals surface area (Å²) in [4.78, 5) is 11.9. The fourth-order valence-corrected chi connectivity index (χ4v) is 16.6. The highest BCUT2D eigenvalue weighted by molar-refractivity contribution is 6.78. The third kappa shape index (κ3) is 5.78. The van der Waals surface area contributed by atoms with Gasteiger partial charge in [0.15, 0.2) is 8.32 Å². The van der Waals surface area contributed by atoms with E-state index < -0.39 is 28.8 Å². The standard InChI is InChI=1S/C22H48O4Si2/c1-15(2)27(16(3)4,17(5)6)25-14-21(24)22(13-23)26-28(18(7)8,19(9)10)20(11)12/h13,15-22,24H,14H2,1-12H3/t21-,22+/m0/s1. The van der Waals surface area contributed by atoms with Crippen LogP contribution in [0, 0.1) is 0 Å². The second-order valence-electron chi connectivity index (χ2n) is 10.2. The van der Waals surface area contributed by atoms with Crippen molar-refractivity contribution in [1.29, 1.82) is 0 Å². The maximum atomic E-state index is 11.9. The summed E-state index contributed by atoms with van der Waals surface area (Å²) in [6.07, 6.45) is -0.965. The number of rotatable bonds is 13. The Hall–Kier alpha value is -0.0162. The SMILES string of the molecule is CC(C)[Si](OC[C@H](O)[C@@H](C=O)O[Si](C(C)C)(C(C)C)C(C)C)(C(C)C)C(C)C. The fourth-order valence-electron chi connectivity index (χ4n) is 5.67. The Balaban J connectivity index is 5.59. The van der Waals surface area contributed by atoms with E-state index in [1.165, 1.54) is 0 Å². The van der Waals surface area contributed by atoms with Crippen molar-refractivity contribution in [2.75, 3.05) is 6.61 Å². The average molecular weight is 433 g/mol. The molecule has 0 unspecified atom stereocenters. The molecule has 0 radical (unpaired) electrons. The van der Waals surface area contributed by atoms with E-state index in [-0.39, 0.29) is 6.61 Å². The first-order chi connectivity index (χ1) is 12.7. The van der Waals surface area contributed by atoms with Gasteiger partial charge in [-0.1, -0.05) is 83.1 Å². The van der Waals surface area contributed by atoms with Gasteiger partial charge < -0.3 is 18.8 Å². The van der Waals surface area contributed by atoms with Crippen LogP contribution in [-0.4, -0.2) is 46.8 Å². The maximum Gasteiger partial charge on any atom is 0.201 e. The Morgan fingerprint density at radius 1 is 0.679 bits per heavy atom. The summed E-state index contributed by atoms with van der Waals surface area (Å²) >= 11 is 0. The highest BCUT2D eigenvalue weighted by atomic mass is 28.4. The minimum Gasteiger partial charge on any atom is -0.413 e. The zero-order valence-electron chi connectivity index (χ0n) is 20.6. The summed E-state index contributed by atoms with van der Waals surface area (Å²) in [5, 5.41) is 10.9. The molecule has 1 N–H and O–H groups in total. The number of aliphatic hydroxyl groups excluding tert-OH is 1. The van der Waals surface area contributed by atoms with Crippen LogP contribution in [0.4, 0.5) is 0 Å². The molecule has 0 amide bonds. The molecular formula is C22H48O4Si2. The largest absolute Gasteiger partial charge is 0.413 e. The second-order valence-corrected chi connectivity index (χ2v) is 21.1. The molecule has 6 heteroatoms. The van der Waals surface area contributed by atoms with Gasteiger partial charge in [-0.05, 0) is 33.2 Å².